The molecular formula is C15H20N2O4. The predicted molar refractivity (Wildman–Crippen MR) is 77.2 cm³/mol. The molecule has 2 atom stereocenters. The van der Waals surface area contributed by atoms with Gasteiger partial charge in [0.05, 0.1) is 18.6 Å². The number of ether oxygens (including phenoxy) is 1. The number of hydrogen-bond donors (Lipinski definition) is 2. The smallest absolute Gasteiger partial charge is 0.317 e. The van der Waals surface area contributed by atoms with Crippen LogP contribution in [0.2, 0.25) is 0 Å². The van der Waals surface area contributed by atoms with Crippen LogP contribution in [-0.4, -0.2) is 54.9 Å². The zero-order valence-electron chi connectivity index (χ0n) is 12.0. The number of rotatable bonds is 5. The molecule has 0 spiro atoms. The van der Waals surface area contributed by atoms with Crippen molar-refractivity contribution < 1.29 is 19.4 Å². The number of nitrogens with one attached hydrogen (secondary N) is 1. The van der Waals surface area contributed by atoms with Crippen molar-refractivity contribution in [1.82, 2.24) is 10.2 Å². The Kier molecular flexibility index (Phi) is 5.16. The normalized spacial score (nSPS) is 19.0. The van der Waals surface area contributed by atoms with Crippen LogP contribution in [0.3, 0.4) is 0 Å². The lowest BCUT2D eigenvalue weighted by molar-refractivity contribution is -0.138. The highest BCUT2D eigenvalue weighted by Gasteiger charge is 2.26. The van der Waals surface area contributed by atoms with Gasteiger partial charge in [-0.15, -0.1) is 0 Å². The van der Waals surface area contributed by atoms with Crippen LogP contribution < -0.4 is 5.32 Å². The molecule has 0 bridgehead atoms. The van der Waals surface area contributed by atoms with Crippen molar-refractivity contribution in [2.75, 3.05) is 26.8 Å². The highest BCUT2D eigenvalue weighted by atomic mass is 16.5. The SMILES string of the molecule is CN(C(=O)NCC(C(=O)O)c1ccccc1)C1CCOC1. The summed E-state index contributed by atoms with van der Waals surface area (Å²) in [5, 5.41) is 12.0. The monoisotopic (exact) mass is 292 g/mol. The third kappa shape index (κ3) is 3.95. The molecule has 0 aliphatic carbocycles. The second kappa shape index (κ2) is 7.08. The van der Waals surface area contributed by atoms with E-state index in [4.69, 9.17) is 4.74 Å². The number of carboxylic acid groups (broad SMARTS) is 1. The lowest BCUT2D eigenvalue weighted by Crippen LogP contribution is -2.45. The molecule has 2 amide bonds. The molecule has 0 aromatic heterocycles. The summed E-state index contributed by atoms with van der Waals surface area (Å²) in [6.07, 6.45) is 0.810. The van der Waals surface area contributed by atoms with E-state index in [1.54, 1.807) is 36.2 Å². The highest BCUT2D eigenvalue weighted by Crippen LogP contribution is 2.15. The summed E-state index contributed by atoms with van der Waals surface area (Å²) in [4.78, 5) is 25.0. The molecule has 0 saturated carbocycles. The number of carboxylic acids is 1. The second-order valence-electron chi connectivity index (χ2n) is 5.12. The van der Waals surface area contributed by atoms with Gasteiger partial charge in [-0.3, -0.25) is 4.79 Å². The Morgan fingerprint density at radius 3 is 2.71 bits per heavy atom. The van der Waals surface area contributed by atoms with Gasteiger partial charge in [-0.1, -0.05) is 30.3 Å². The minimum absolute atomic E-state index is 0.0602. The Balaban J connectivity index is 1.92. The zero-order valence-corrected chi connectivity index (χ0v) is 12.0. The van der Waals surface area contributed by atoms with Crippen LogP contribution in [0.15, 0.2) is 30.3 Å². The maximum atomic E-state index is 12.1. The first-order valence-electron chi connectivity index (χ1n) is 6.95. The number of urea groups is 1. The summed E-state index contributed by atoms with van der Waals surface area (Å²) in [5.41, 5.74) is 0.678. The van der Waals surface area contributed by atoms with Crippen molar-refractivity contribution in [2.24, 2.45) is 0 Å². The van der Waals surface area contributed by atoms with Crippen LogP contribution in [0.25, 0.3) is 0 Å². The first-order chi connectivity index (χ1) is 10.1. The maximum absolute atomic E-state index is 12.1. The summed E-state index contributed by atoms with van der Waals surface area (Å²) in [6.45, 7) is 1.26. The predicted octanol–water partition coefficient (Wildman–Crippen LogP) is 1.29. The third-order valence-corrected chi connectivity index (χ3v) is 3.73. The molecule has 1 heterocycles. The molecule has 1 saturated heterocycles. The van der Waals surface area contributed by atoms with Crippen molar-refractivity contribution in [1.29, 1.82) is 0 Å². The third-order valence-electron chi connectivity index (χ3n) is 3.73. The quantitative estimate of drug-likeness (QED) is 0.857. The van der Waals surface area contributed by atoms with Crippen LogP contribution in [0.5, 0.6) is 0 Å². The van der Waals surface area contributed by atoms with Crippen molar-refractivity contribution >= 4 is 12.0 Å². The number of carbonyl (C=O) groups excluding carboxylic acids is 1. The summed E-state index contributed by atoms with van der Waals surface area (Å²) in [6, 6.07) is 8.69. The second-order valence-corrected chi connectivity index (χ2v) is 5.12. The van der Waals surface area contributed by atoms with E-state index >= 15 is 0 Å². The maximum Gasteiger partial charge on any atom is 0.317 e. The van der Waals surface area contributed by atoms with E-state index in [0.717, 1.165) is 6.42 Å². The molecule has 6 nitrogen and oxygen atoms in total. The molecule has 6 heteroatoms. The largest absolute Gasteiger partial charge is 0.481 e. The van der Waals surface area contributed by atoms with E-state index in [9.17, 15) is 14.7 Å². The molecular weight excluding hydrogens is 272 g/mol. The zero-order chi connectivity index (χ0) is 15.2. The van der Waals surface area contributed by atoms with Crippen LogP contribution in [0.1, 0.15) is 17.9 Å². The number of nitrogens with zero attached hydrogens (tertiary/aromatic N) is 1. The van der Waals surface area contributed by atoms with Crippen LogP contribution >= 0.6 is 0 Å². The molecule has 0 radical (unpaired) electrons. The summed E-state index contributed by atoms with van der Waals surface area (Å²) in [5.74, 6) is -1.70. The van der Waals surface area contributed by atoms with Gasteiger partial charge < -0.3 is 20.1 Å². The number of aliphatic carboxylic acids is 1. The Morgan fingerprint density at radius 1 is 1.43 bits per heavy atom. The molecule has 21 heavy (non-hydrogen) atoms. The van der Waals surface area contributed by atoms with E-state index in [1.807, 2.05) is 6.07 Å². The van der Waals surface area contributed by atoms with Crippen molar-refractivity contribution in [2.45, 2.75) is 18.4 Å². The Labute approximate surface area is 123 Å². The van der Waals surface area contributed by atoms with E-state index in [1.165, 1.54) is 0 Å². The fourth-order valence-electron chi connectivity index (χ4n) is 2.34. The standard InChI is InChI=1S/C15H20N2O4/c1-17(12-7-8-21-10-12)15(20)16-9-13(14(18)19)11-5-3-2-4-6-11/h2-6,12-13H,7-10H2,1H3,(H,16,20)(H,18,19). The summed E-state index contributed by atoms with van der Waals surface area (Å²) >= 11 is 0. The van der Waals surface area contributed by atoms with Gasteiger partial charge in [-0.05, 0) is 12.0 Å². The van der Waals surface area contributed by atoms with E-state index in [2.05, 4.69) is 5.32 Å². The Bertz CT molecular complexity index is 486. The molecule has 1 aliphatic rings. The van der Waals surface area contributed by atoms with Gasteiger partial charge in [-0.25, -0.2) is 4.79 Å². The van der Waals surface area contributed by atoms with Crippen molar-refractivity contribution in [3.05, 3.63) is 35.9 Å². The molecule has 2 rings (SSSR count). The van der Waals surface area contributed by atoms with E-state index < -0.39 is 11.9 Å². The average Bonchev–Trinajstić information content (AvgIpc) is 3.01. The van der Waals surface area contributed by atoms with Gasteiger partial charge in [-0.2, -0.15) is 0 Å². The lowest BCUT2D eigenvalue weighted by atomic mass is 9.99. The fourth-order valence-corrected chi connectivity index (χ4v) is 2.34. The number of hydrogen-bond acceptors (Lipinski definition) is 3. The van der Waals surface area contributed by atoms with Crippen LogP contribution in [0.4, 0.5) is 4.79 Å². The molecule has 2 N–H and O–H groups in total. The van der Waals surface area contributed by atoms with Crippen LogP contribution in [-0.2, 0) is 9.53 Å². The van der Waals surface area contributed by atoms with Gasteiger partial charge >= 0.3 is 12.0 Å². The molecule has 1 fully saturated rings. The lowest BCUT2D eigenvalue weighted by Gasteiger charge is -2.24. The molecule has 1 aliphatic heterocycles. The summed E-state index contributed by atoms with van der Waals surface area (Å²) < 4.78 is 5.25. The van der Waals surface area contributed by atoms with Gasteiger partial charge in [0.25, 0.3) is 0 Å². The molecule has 1 aromatic carbocycles. The van der Waals surface area contributed by atoms with Crippen molar-refractivity contribution in [3.8, 4) is 0 Å². The number of amides is 2. The number of benzene rings is 1. The van der Waals surface area contributed by atoms with E-state index in [-0.39, 0.29) is 18.6 Å². The first kappa shape index (κ1) is 15.3. The van der Waals surface area contributed by atoms with Crippen LogP contribution in [0, 0.1) is 0 Å². The topological polar surface area (TPSA) is 78.9 Å². The first-order valence-corrected chi connectivity index (χ1v) is 6.95. The number of likely N-dealkylation sites (N-methyl/N-ethyl adjacent to an activating group) is 1. The van der Waals surface area contributed by atoms with Gasteiger partial charge in [0.1, 0.15) is 0 Å². The Morgan fingerprint density at radius 2 is 2.14 bits per heavy atom. The van der Waals surface area contributed by atoms with Gasteiger partial charge in [0.15, 0.2) is 0 Å². The average molecular weight is 292 g/mol. The highest BCUT2D eigenvalue weighted by molar-refractivity contribution is 5.79. The fraction of sp³-hybridized carbons (Fsp3) is 0.467. The molecule has 2 unspecified atom stereocenters. The van der Waals surface area contributed by atoms with Crippen molar-refractivity contribution in [3.63, 3.8) is 0 Å². The molecule has 1 aromatic rings. The molecule has 114 valence electrons. The minimum Gasteiger partial charge on any atom is -0.481 e. The van der Waals surface area contributed by atoms with Gasteiger partial charge in [0.2, 0.25) is 0 Å². The number of carbonyl (C=O) groups is 2. The summed E-state index contributed by atoms with van der Waals surface area (Å²) in [7, 11) is 1.70. The van der Waals surface area contributed by atoms with Gasteiger partial charge in [0, 0.05) is 20.2 Å². The van der Waals surface area contributed by atoms with E-state index in [0.29, 0.717) is 18.8 Å². The minimum atomic E-state index is -0.951. The Hall–Kier alpha value is -2.08.